The highest BCUT2D eigenvalue weighted by molar-refractivity contribution is 7.89. The van der Waals surface area contributed by atoms with Crippen molar-refractivity contribution in [1.82, 2.24) is 4.31 Å². The molecule has 144 valence electrons. The zero-order valence-corrected chi connectivity index (χ0v) is 17.2. The summed E-state index contributed by atoms with van der Waals surface area (Å²) in [5.74, 6) is -0.861. The maximum atomic E-state index is 12.6. The summed E-state index contributed by atoms with van der Waals surface area (Å²) in [6.07, 6.45) is 0.710. The molecule has 1 fully saturated rings. The number of carbonyl (C=O) groups is 1. The van der Waals surface area contributed by atoms with Crippen LogP contribution >= 0.6 is 34.8 Å². The van der Waals surface area contributed by atoms with Gasteiger partial charge in [0.15, 0.2) is 5.75 Å². The van der Waals surface area contributed by atoms with E-state index in [2.05, 4.69) is 0 Å². The molecule has 0 aromatic heterocycles. The van der Waals surface area contributed by atoms with Crippen molar-refractivity contribution >= 4 is 50.8 Å². The van der Waals surface area contributed by atoms with E-state index in [1.165, 1.54) is 16.4 Å². The van der Waals surface area contributed by atoms with E-state index in [0.29, 0.717) is 17.9 Å². The third kappa shape index (κ3) is 4.58. The average molecular weight is 449 g/mol. The first-order valence-corrected chi connectivity index (χ1v) is 10.8. The number of carbonyl (C=O) groups excluding carboxylic acids is 1. The fraction of sp³-hybridized carbons (Fsp3) is 0.278. The molecule has 0 spiro atoms. The Labute approximate surface area is 172 Å². The zero-order valence-electron chi connectivity index (χ0n) is 14.1. The molecule has 27 heavy (non-hydrogen) atoms. The molecule has 0 amide bonds. The van der Waals surface area contributed by atoms with Crippen LogP contribution in [0.3, 0.4) is 0 Å². The lowest BCUT2D eigenvalue weighted by Crippen LogP contribution is -2.41. The Hall–Kier alpha value is -1.31. The smallest absolute Gasteiger partial charge is 0.314 e. The van der Waals surface area contributed by atoms with Crippen LogP contribution in [0, 0.1) is 5.92 Å². The van der Waals surface area contributed by atoms with Crippen molar-refractivity contribution in [2.75, 3.05) is 13.1 Å². The lowest BCUT2D eigenvalue weighted by Gasteiger charge is -2.30. The first-order chi connectivity index (χ1) is 12.8. The van der Waals surface area contributed by atoms with Crippen molar-refractivity contribution in [3.63, 3.8) is 0 Å². The molecule has 2 aromatic rings. The first kappa shape index (κ1) is 20.4. The van der Waals surface area contributed by atoms with Gasteiger partial charge in [0.25, 0.3) is 0 Å². The molecule has 3 rings (SSSR count). The van der Waals surface area contributed by atoms with E-state index >= 15 is 0 Å². The van der Waals surface area contributed by atoms with Crippen LogP contribution in [0.1, 0.15) is 12.8 Å². The molecule has 0 N–H and O–H groups in total. The van der Waals surface area contributed by atoms with Crippen LogP contribution in [-0.4, -0.2) is 31.8 Å². The van der Waals surface area contributed by atoms with Crippen LogP contribution in [0.15, 0.2) is 47.4 Å². The van der Waals surface area contributed by atoms with Gasteiger partial charge < -0.3 is 4.74 Å². The summed E-state index contributed by atoms with van der Waals surface area (Å²) in [6, 6.07) is 11.1. The van der Waals surface area contributed by atoms with E-state index in [0.717, 1.165) is 0 Å². The summed E-state index contributed by atoms with van der Waals surface area (Å²) in [5, 5.41) is 0.624. The molecular formula is C18H16Cl3NO4S. The summed E-state index contributed by atoms with van der Waals surface area (Å²) >= 11 is 17.9. The second-order valence-corrected chi connectivity index (χ2v) is 9.30. The number of hydrogen-bond acceptors (Lipinski definition) is 4. The van der Waals surface area contributed by atoms with Crippen molar-refractivity contribution in [3.8, 4) is 5.75 Å². The minimum absolute atomic E-state index is 0.0621. The van der Waals surface area contributed by atoms with E-state index in [1.54, 1.807) is 30.3 Å². The van der Waals surface area contributed by atoms with Crippen LogP contribution < -0.4 is 4.74 Å². The van der Waals surface area contributed by atoms with E-state index in [4.69, 9.17) is 39.5 Å². The van der Waals surface area contributed by atoms with Gasteiger partial charge >= 0.3 is 5.97 Å². The summed E-state index contributed by atoms with van der Waals surface area (Å²) in [5.41, 5.74) is 0. The number of rotatable bonds is 4. The van der Waals surface area contributed by atoms with Crippen molar-refractivity contribution < 1.29 is 17.9 Å². The topological polar surface area (TPSA) is 63.7 Å². The second-order valence-electron chi connectivity index (χ2n) is 6.11. The van der Waals surface area contributed by atoms with Crippen molar-refractivity contribution in [3.05, 3.63) is 57.5 Å². The van der Waals surface area contributed by atoms with Crippen molar-refractivity contribution in [2.24, 2.45) is 5.92 Å². The molecule has 1 aliphatic rings. The fourth-order valence-electron chi connectivity index (χ4n) is 2.88. The first-order valence-electron chi connectivity index (χ1n) is 8.20. The second kappa shape index (κ2) is 8.37. The van der Waals surface area contributed by atoms with Gasteiger partial charge in [0.2, 0.25) is 10.0 Å². The standard InChI is InChI=1S/C18H16Cl3NO4S/c19-13-10-15(20)17(16(21)11-13)26-18(23)12-6-8-22(9-7-12)27(24,25)14-4-2-1-3-5-14/h1-5,10-12H,6-9H2. The van der Waals surface area contributed by atoms with E-state index in [1.807, 2.05) is 0 Å². The summed E-state index contributed by atoms with van der Waals surface area (Å²) in [4.78, 5) is 12.7. The number of benzene rings is 2. The minimum Gasteiger partial charge on any atom is -0.423 e. The normalized spacial score (nSPS) is 16.3. The van der Waals surface area contributed by atoms with Gasteiger partial charge in [0, 0.05) is 18.1 Å². The van der Waals surface area contributed by atoms with Gasteiger partial charge in [-0.05, 0) is 37.1 Å². The predicted octanol–water partition coefficient (Wildman–Crippen LogP) is 4.65. The molecule has 0 atom stereocenters. The Morgan fingerprint density at radius 1 is 1.00 bits per heavy atom. The molecule has 9 heteroatoms. The summed E-state index contributed by atoms with van der Waals surface area (Å²) < 4.78 is 32.0. The Balaban J connectivity index is 1.65. The minimum atomic E-state index is -3.56. The Morgan fingerprint density at radius 2 is 1.56 bits per heavy atom. The van der Waals surface area contributed by atoms with E-state index < -0.39 is 21.9 Å². The number of hydrogen-bond donors (Lipinski definition) is 0. The van der Waals surface area contributed by atoms with Crippen LogP contribution in [0.5, 0.6) is 5.75 Å². The highest BCUT2D eigenvalue weighted by atomic mass is 35.5. The fourth-order valence-corrected chi connectivity index (χ4v) is 5.27. The van der Waals surface area contributed by atoms with Gasteiger partial charge in [-0.15, -0.1) is 0 Å². The molecule has 2 aromatic carbocycles. The molecule has 5 nitrogen and oxygen atoms in total. The van der Waals surface area contributed by atoms with Crippen molar-refractivity contribution in [2.45, 2.75) is 17.7 Å². The highest BCUT2D eigenvalue weighted by Gasteiger charge is 2.33. The predicted molar refractivity (Wildman–Crippen MR) is 105 cm³/mol. The van der Waals surface area contributed by atoms with Gasteiger partial charge in [-0.2, -0.15) is 4.31 Å². The van der Waals surface area contributed by atoms with Gasteiger partial charge in [-0.25, -0.2) is 8.42 Å². The average Bonchev–Trinajstić information content (AvgIpc) is 2.65. The van der Waals surface area contributed by atoms with Crippen LogP contribution in [-0.2, 0) is 14.8 Å². The molecular weight excluding hydrogens is 433 g/mol. The molecule has 0 aliphatic carbocycles. The van der Waals surface area contributed by atoms with Crippen LogP contribution in [0.2, 0.25) is 15.1 Å². The molecule has 1 heterocycles. The molecule has 0 bridgehead atoms. The van der Waals surface area contributed by atoms with Crippen LogP contribution in [0.25, 0.3) is 0 Å². The van der Waals surface area contributed by atoms with E-state index in [-0.39, 0.29) is 33.8 Å². The lowest BCUT2D eigenvalue weighted by atomic mass is 9.98. The molecule has 0 saturated carbocycles. The summed E-state index contributed by atoms with van der Waals surface area (Å²) in [6.45, 7) is 0.470. The number of piperidine rings is 1. The third-order valence-electron chi connectivity index (χ3n) is 4.33. The van der Waals surface area contributed by atoms with Gasteiger partial charge in [0.1, 0.15) is 0 Å². The summed E-state index contributed by atoms with van der Waals surface area (Å²) in [7, 11) is -3.56. The molecule has 1 saturated heterocycles. The Morgan fingerprint density at radius 3 is 2.11 bits per heavy atom. The molecule has 1 aliphatic heterocycles. The number of ether oxygens (including phenoxy) is 1. The van der Waals surface area contributed by atoms with E-state index in [9.17, 15) is 13.2 Å². The number of esters is 1. The Kier molecular flexibility index (Phi) is 6.33. The maximum absolute atomic E-state index is 12.6. The molecule has 0 unspecified atom stereocenters. The maximum Gasteiger partial charge on any atom is 0.314 e. The zero-order chi connectivity index (χ0) is 19.6. The van der Waals surface area contributed by atoms with Gasteiger partial charge in [-0.1, -0.05) is 53.0 Å². The molecule has 0 radical (unpaired) electrons. The largest absolute Gasteiger partial charge is 0.423 e. The van der Waals surface area contributed by atoms with Crippen molar-refractivity contribution in [1.29, 1.82) is 0 Å². The van der Waals surface area contributed by atoms with Crippen LogP contribution in [0.4, 0.5) is 0 Å². The number of sulfonamides is 1. The number of nitrogens with zero attached hydrogens (tertiary/aromatic N) is 1. The number of halogens is 3. The SMILES string of the molecule is O=C(Oc1c(Cl)cc(Cl)cc1Cl)C1CCN(S(=O)(=O)c2ccccc2)CC1. The lowest BCUT2D eigenvalue weighted by molar-refractivity contribution is -0.140. The third-order valence-corrected chi connectivity index (χ3v) is 7.03. The highest BCUT2D eigenvalue weighted by Crippen LogP contribution is 2.37. The van der Waals surface area contributed by atoms with Gasteiger partial charge in [0.05, 0.1) is 20.9 Å². The monoisotopic (exact) mass is 447 g/mol. The quantitative estimate of drug-likeness (QED) is 0.504. The van der Waals surface area contributed by atoms with Gasteiger partial charge in [-0.3, -0.25) is 4.79 Å². The Bertz CT molecular complexity index is 919.